The lowest BCUT2D eigenvalue weighted by Crippen LogP contribution is -2.56. The molecule has 1 atom stereocenters. The Morgan fingerprint density at radius 2 is 2.07 bits per heavy atom. The Morgan fingerprint density at radius 3 is 2.57 bits per heavy atom. The number of nitrogens with zero attached hydrogens (tertiary/aromatic N) is 2. The van der Waals surface area contributed by atoms with Gasteiger partial charge in [-0.25, -0.2) is 0 Å². The minimum Gasteiger partial charge on any atom is -0.383 e. The van der Waals surface area contributed by atoms with Crippen molar-refractivity contribution in [2.24, 2.45) is 0 Å². The van der Waals surface area contributed by atoms with Crippen molar-refractivity contribution >= 4 is 0 Å². The zero-order valence-corrected chi connectivity index (χ0v) is 9.99. The maximum absolute atomic E-state index is 5.27. The molecule has 3 heteroatoms. The molecule has 0 N–H and O–H groups in total. The Hall–Kier alpha value is -0.120. The second-order valence-electron chi connectivity index (χ2n) is 4.33. The molecule has 1 fully saturated rings. The molecule has 1 aliphatic heterocycles. The molecule has 1 unspecified atom stereocenters. The molecule has 0 aromatic rings. The molecule has 1 saturated heterocycles. The van der Waals surface area contributed by atoms with E-state index < -0.39 is 0 Å². The summed E-state index contributed by atoms with van der Waals surface area (Å²) < 4.78 is 5.27. The van der Waals surface area contributed by atoms with Crippen molar-refractivity contribution in [3.05, 3.63) is 0 Å². The monoisotopic (exact) mass is 200 g/mol. The van der Waals surface area contributed by atoms with Gasteiger partial charge in [0.1, 0.15) is 0 Å². The molecule has 0 spiro atoms. The SMILES string of the molecule is CCN1CCN(C(C)C)CC1COC. The van der Waals surface area contributed by atoms with E-state index in [9.17, 15) is 0 Å². The van der Waals surface area contributed by atoms with Crippen molar-refractivity contribution in [1.82, 2.24) is 9.80 Å². The molecule has 0 bridgehead atoms. The number of hydrogen-bond donors (Lipinski definition) is 0. The van der Waals surface area contributed by atoms with Crippen molar-refractivity contribution in [3.63, 3.8) is 0 Å². The van der Waals surface area contributed by atoms with Crippen LogP contribution in [0, 0.1) is 0 Å². The van der Waals surface area contributed by atoms with Crippen LogP contribution in [0.3, 0.4) is 0 Å². The quantitative estimate of drug-likeness (QED) is 0.674. The average molecular weight is 200 g/mol. The van der Waals surface area contributed by atoms with E-state index in [1.165, 1.54) is 13.1 Å². The Bertz CT molecular complexity index is 161. The molecule has 1 rings (SSSR count). The molecule has 84 valence electrons. The van der Waals surface area contributed by atoms with Crippen LogP contribution in [-0.2, 0) is 4.74 Å². The van der Waals surface area contributed by atoms with Crippen LogP contribution in [0.4, 0.5) is 0 Å². The second-order valence-corrected chi connectivity index (χ2v) is 4.33. The van der Waals surface area contributed by atoms with Gasteiger partial charge in [-0.05, 0) is 20.4 Å². The highest BCUT2D eigenvalue weighted by molar-refractivity contribution is 4.82. The van der Waals surface area contributed by atoms with Gasteiger partial charge in [-0.2, -0.15) is 0 Å². The normalized spacial score (nSPS) is 25.9. The molecule has 1 heterocycles. The van der Waals surface area contributed by atoms with Gasteiger partial charge >= 0.3 is 0 Å². The number of piperazine rings is 1. The first-order chi connectivity index (χ1) is 6.69. The number of likely N-dealkylation sites (N-methyl/N-ethyl adjacent to an activating group) is 1. The fourth-order valence-electron chi connectivity index (χ4n) is 2.15. The van der Waals surface area contributed by atoms with Crippen molar-refractivity contribution in [2.45, 2.75) is 32.9 Å². The first-order valence-electron chi connectivity index (χ1n) is 5.66. The smallest absolute Gasteiger partial charge is 0.0630 e. The summed E-state index contributed by atoms with van der Waals surface area (Å²) in [6.45, 7) is 12.3. The minimum absolute atomic E-state index is 0.584. The largest absolute Gasteiger partial charge is 0.383 e. The molecule has 0 radical (unpaired) electrons. The van der Waals surface area contributed by atoms with Crippen molar-refractivity contribution < 1.29 is 4.74 Å². The topological polar surface area (TPSA) is 15.7 Å². The highest BCUT2D eigenvalue weighted by Crippen LogP contribution is 2.12. The highest BCUT2D eigenvalue weighted by atomic mass is 16.5. The lowest BCUT2D eigenvalue weighted by atomic mass is 10.1. The van der Waals surface area contributed by atoms with Gasteiger partial charge in [-0.1, -0.05) is 6.92 Å². The van der Waals surface area contributed by atoms with Crippen LogP contribution in [-0.4, -0.2) is 61.8 Å². The lowest BCUT2D eigenvalue weighted by Gasteiger charge is -2.42. The van der Waals surface area contributed by atoms with Crippen LogP contribution < -0.4 is 0 Å². The van der Waals surface area contributed by atoms with E-state index >= 15 is 0 Å². The fourth-order valence-corrected chi connectivity index (χ4v) is 2.15. The van der Waals surface area contributed by atoms with E-state index in [0.717, 1.165) is 19.7 Å². The summed E-state index contributed by atoms with van der Waals surface area (Å²) in [6.07, 6.45) is 0. The van der Waals surface area contributed by atoms with Crippen LogP contribution in [0.1, 0.15) is 20.8 Å². The third kappa shape index (κ3) is 2.94. The summed E-state index contributed by atoms with van der Waals surface area (Å²) in [4.78, 5) is 5.05. The first kappa shape index (κ1) is 12.0. The van der Waals surface area contributed by atoms with Crippen molar-refractivity contribution in [1.29, 1.82) is 0 Å². The molecule has 1 aliphatic rings. The van der Waals surface area contributed by atoms with Gasteiger partial charge in [-0.3, -0.25) is 9.80 Å². The lowest BCUT2D eigenvalue weighted by molar-refractivity contribution is 0.0172. The summed E-state index contributed by atoms with van der Waals surface area (Å²) in [6, 6.07) is 1.24. The van der Waals surface area contributed by atoms with Crippen LogP contribution in [0.25, 0.3) is 0 Å². The van der Waals surface area contributed by atoms with E-state index in [1.807, 2.05) is 0 Å². The highest BCUT2D eigenvalue weighted by Gasteiger charge is 2.26. The maximum atomic E-state index is 5.27. The molecular formula is C11H24N2O. The molecule has 0 aromatic heterocycles. The van der Waals surface area contributed by atoms with Gasteiger partial charge in [-0.15, -0.1) is 0 Å². The molecule has 0 amide bonds. The number of methoxy groups -OCH3 is 1. The number of ether oxygens (including phenoxy) is 1. The van der Waals surface area contributed by atoms with E-state index in [1.54, 1.807) is 7.11 Å². The minimum atomic E-state index is 0.584. The summed E-state index contributed by atoms with van der Waals surface area (Å²) in [7, 11) is 1.79. The van der Waals surface area contributed by atoms with E-state index in [-0.39, 0.29) is 0 Å². The van der Waals surface area contributed by atoms with E-state index in [2.05, 4.69) is 30.6 Å². The molecular weight excluding hydrogens is 176 g/mol. The van der Waals surface area contributed by atoms with Crippen LogP contribution >= 0.6 is 0 Å². The zero-order chi connectivity index (χ0) is 10.6. The van der Waals surface area contributed by atoms with Crippen LogP contribution in [0.5, 0.6) is 0 Å². The second kappa shape index (κ2) is 5.69. The Labute approximate surface area is 88.0 Å². The molecule has 0 saturated carbocycles. The Morgan fingerprint density at radius 1 is 1.36 bits per heavy atom. The zero-order valence-electron chi connectivity index (χ0n) is 9.99. The summed E-state index contributed by atoms with van der Waals surface area (Å²) >= 11 is 0. The first-order valence-corrected chi connectivity index (χ1v) is 5.66. The fraction of sp³-hybridized carbons (Fsp3) is 1.00. The summed E-state index contributed by atoms with van der Waals surface area (Å²) in [5.74, 6) is 0. The number of rotatable bonds is 4. The van der Waals surface area contributed by atoms with Crippen molar-refractivity contribution in [2.75, 3.05) is 39.9 Å². The molecule has 14 heavy (non-hydrogen) atoms. The molecule has 0 aliphatic carbocycles. The summed E-state index contributed by atoms with van der Waals surface area (Å²) in [5, 5.41) is 0. The van der Waals surface area contributed by atoms with Crippen LogP contribution in [0.15, 0.2) is 0 Å². The average Bonchev–Trinajstić information content (AvgIpc) is 2.18. The third-order valence-corrected chi connectivity index (χ3v) is 3.13. The standard InChI is InChI=1S/C11H24N2O/c1-5-12-6-7-13(10(2)3)8-11(12)9-14-4/h10-11H,5-9H2,1-4H3. The van der Waals surface area contributed by atoms with Gasteiger partial charge in [0, 0.05) is 38.8 Å². The Kier molecular flexibility index (Phi) is 4.85. The molecule has 3 nitrogen and oxygen atoms in total. The van der Waals surface area contributed by atoms with E-state index in [4.69, 9.17) is 4.74 Å². The van der Waals surface area contributed by atoms with Gasteiger partial charge < -0.3 is 4.74 Å². The van der Waals surface area contributed by atoms with E-state index in [0.29, 0.717) is 12.1 Å². The van der Waals surface area contributed by atoms with Crippen LogP contribution in [0.2, 0.25) is 0 Å². The van der Waals surface area contributed by atoms with Gasteiger partial charge in [0.05, 0.1) is 6.61 Å². The maximum Gasteiger partial charge on any atom is 0.0630 e. The van der Waals surface area contributed by atoms with Gasteiger partial charge in [0.15, 0.2) is 0 Å². The van der Waals surface area contributed by atoms with Gasteiger partial charge in [0.2, 0.25) is 0 Å². The summed E-state index contributed by atoms with van der Waals surface area (Å²) in [5.41, 5.74) is 0. The van der Waals surface area contributed by atoms with Gasteiger partial charge in [0.25, 0.3) is 0 Å². The predicted molar refractivity (Wildman–Crippen MR) is 59.6 cm³/mol. The molecule has 0 aromatic carbocycles. The number of hydrogen-bond acceptors (Lipinski definition) is 3. The third-order valence-electron chi connectivity index (χ3n) is 3.13. The predicted octanol–water partition coefficient (Wildman–Crippen LogP) is 1.05. The van der Waals surface area contributed by atoms with Crippen molar-refractivity contribution in [3.8, 4) is 0 Å². The Balaban J connectivity index is 2.48.